The summed E-state index contributed by atoms with van der Waals surface area (Å²) in [6.07, 6.45) is 1.42. The summed E-state index contributed by atoms with van der Waals surface area (Å²) >= 11 is 0. The van der Waals surface area contributed by atoms with Crippen LogP contribution < -0.4 is 9.62 Å². The normalized spacial score (nSPS) is 11.1. The molecule has 3 aromatic carbocycles. The summed E-state index contributed by atoms with van der Waals surface area (Å²) in [5, 5.41) is 12.7. The second kappa shape index (κ2) is 10.4. The first-order valence-corrected chi connectivity index (χ1v) is 12.3. The van der Waals surface area contributed by atoms with Gasteiger partial charge in [-0.2, -0.15) is 0 Å². The minimum Gasteiger partial charge on any atom is -0.508 e. The van der Waals surface area contributed by atoms with Crippen molar-refractivity contribution in [3.05, 3.63) is 90.8 Å². The van der Waals surface area contributed by atoms with Gasteiger partial charge in [-0.25, -0.2) is 18.4 Å². The third kappa shape index (κ3) is 5.61. The van der Waals surface area contributed by atoms with Gasteiger partial charge in [0.15, 0.2) is 0 Å². The number of phenols is 1. The van der Waals surface area contributed by atoms with Crippen LogP contribution in [0.4, 0.5) is 17.2 Å². The van der Waals surface area contributed by atoms with E-state index in [4.69, 9.17) is 4.74 Å². The van der Waals surface area contributed by atoms with E-state index in [1.807, 2.05) is 6.92 Å². The monoisotopic (exact) mass is 504 g/mol. The predicted octanol–water partition coefficient (Wildman–Crippen LogP) is 4.27. The number of aromatic nitrogens is 2. The number of esters is 1. The van der Waals surface area contributed by atoms with E-state index in [1.54, 1.807) is 66.7 Å². The van der Waals surface area contributed by atoms with Crippen molar-refractivity contribution in [3.63, 3.8) is 0 Å². The van der Waals surface area contributed by atoms with Crippen molar-refractivity contribution >= 4 is 33.2 Å². The highest BCUT2D eigenvalue weighted by molar-refractivity contribution is 7.92. The summed E-state index contributed by atoms with van der Waals surface area (Å²) in [5.41, 5.74) is 3.35. The lowest BCUT2D eigenvalue weighted by molar-refractivity contribution is -0.138. The van der Waals surface area contributed by atoms with Crippen molar-refractivity contribution < 1.29 is 23.1 Å². The largest absolute Gasteiger partial charge is 0.508 e. The lowest BCUT2D eigenvalue weighted by atomic mass is 10.1. The van der Waals surface area contributed by atoms with Gasteiger partial charge in [0.2, 0.25) is 0 Å². The smallest absolute Gasteiger partial charge is 0.326 e. The van der Waals surface area contributed by atoms with Crippen molar-refractivity contribution in [2.75, 3.05) is 23.3 Å². The van der Waals surface area contributed by atoms with Crippen LogP contribution in [0.15, 0.2) is 90.1 Å². The topological polar surface area (TPSA) is 122 Å². The molecule has 1 heterocycles. The van der Waals surface area contributed by atoms with Crippen LogP contribution in [0.25, 0.3) is 11.3 Å². The molecule has 0 saturated heterocycles. The standard InChI is InChI=1S/C26H24N4O5S/c1-18-3-13-23(14-4-18)36(33,34)30(16-26(32)35-2)21-9-7-20(8-10-21)29-25-15-24(27-17-28-25)19-5-11-22(31)12-6-19/h3-15,17,31H,16H2,1-2H3,(H,27,28,29). The molecular weight excluding hydrogens is 480 g/mol. The molecule has 1 aromatic heterocycles. The van der Waals surface area contributed by atoms with Gasteiger partial charge in [0, 0.05) is 17.3 Å². The Morgan fingerprint density at radius 3 is 2.28 bits per heavy atom. The molecule has 10 heteroatoms. The molecule has 0 amide bonds. The summed E-state index contributed by atoms with van der Waals surface area (Å²) in [6.45, 7) is 1.39. The Morgan fingerprint density at radius 2 is 1.64 bits per heavy atom. The first kappa shape index (κ1) is 24.7. The molecule has 0 radical (unpaired) electrons. The van der Waals surface area contributed by atoms with Gasteiger partial charge in [0.25, 0.3) is 10.0 Å². The molecule has 0 aliphatic rings. The maximum atomic E-state index is 13.3. The Hall–Kier alpha value is -4.44. The minimum absolute atomic E-state index is 0.0713. The highest BCUT2D eigenvalue weighted by atomic mass is 32.2. The van der Waals surface area contributed by atoms with E-state index in [0.29, 0.717) is 22.9 Å². The fourth-order valence-corrected chi connectivity index (χ4v) is 4.82. The summed E-state index contributed by atoms with van der Waals surface area (Å²) < 4.78 is 32.4. The fourth-order valence-electron chi connectivity index (χ4n) is 3.41. The van der Waals surface area contributed by atoms with Crippen LogP contribution in [0.5, 0.6) is 5.75 Å². The fraction of sp³-hybridized carbons (Fsp3) is 0.115. The van der Waals surface area contributed by atoms with Crippen LogP contribution in [-0.4, -0.2) is 43.1 Å². The van der Waals surface area contributed by atoms with E-state index in [0.717, 1.165) is 15.4 Å². The number of ether oxygens (including phenoxy) is 1. The molecule has 9 nitrogen and oxygen atoms in total. The highest BCUT2D eigenvalue weighted by Gasteiger charge is 2.27. The number of nitrogens with one attached hydrogen (secondary N) is 1. The van der Waals surface area contributed by atoms with E-state index in [2.05, 4.69) is 15.3 Å². The zero-order valence-corrected chi connectivity index (χ0v) is 20.4. The number of sulfonamides is 1. The van der Waals surface area contributed by atoms with Crippen molar-refractivity contribution in [2.24, 2.45) is 0 Å². The van der Waals surface area contributed by atoms with Crippen molar-refractivity contribution in [2.45, 2.75) is 11.8 Å². The summed E-state index contributed by atoms with van der Waals surface area (Å²) in [6, 6.07) is 21.4. The Kier molecular flexibility index (Phi) is 7.16. The number of phenolic OH excluding ortho intramolecular Hbond substituents is 1. The lowest BCUT2D eigenvalue weighted by Crippen LogP contribution is -2.36. The average molecular weight is 505 g/mol. The molecule has 4 aromatic rings. The number of carbonyl (C=O) groups is 1. The van der Waals surface area contributed by atoms with Crippen molar-refractivity contribution in [1.29, 1.82) is 0 Å². The van der Waals surface area contributed by atoms with Crippen LogP contribution in [-0.2, 0) is 19.6 Å². The number of benzene rings is 3. The van der Waals surface area contributed by atoms with Gasteiger partial charge in [0.1, 0.15) is 24.4 Å². The van der Waals surface area contributed by atoms with Gasteiger partial charge in [0.05, 0.1) is 23.4 Å². The van der Waals surface area contributed by atoms with E-state index < -0.39 is 22.5 Å². The van der Waals surface area contributed by atoms with E-state index in [-0.39, 0.29) is 10.6 Å². The SMILES string of the molecule is COC(=O)CN(c1ccc(Nc2cc(-c3ccc(O)cc3)ncn2)cc1)S(=O)(=O)c1ccc(C)cc1. The van der Waals surface area contributed by atoms with Gasteiger partial charge in [-0.3, -0.25) is 9.10 Å². The number of hydrogen-bond donors (Lipinski definition) is 2. The van der Waals surface area contributed by atoms with Gasteiger partial charge < -0.3 is 15.2 Å². The Bertz CT molecular complexity index is 1460. The molecule has 0 spiro atoms. The number of aryl methyl sites for hydroxylation is 1. The van der Waals surface area contributed by atoms with Gasteiger partial charge >= 0.3 is 5.97 Å². The molecule has 0 saturated carbocycles. The molecule has 0 unspecified atom stereocenters. The number of anilines is 3. The molecule has 0 bridgehead atoms. The second-order valence-corrected chi connectivity index (χ2v) is 9.77. The Morgan fingerprint density at radius 1 is 0.972 bits per heavy atom. The molecule has 184 valence electrons. The van der Waals surface area contributed by atoms with Gasteiger partial charge in [-0.05, 0) is 67.6 Å². The predicted molar refractivity (Wildman–Crippen MR) is 137 cm³/mol. The molecule has 4 rings (SSSR count). The van der Waals surface area contributed by atoms with Crippen LogP contribution in [0, 0.1) is 6.92 Å². The third-order valence-electron chi connectivity index (χ3n) is 5.37. The molecule has 0 aliphatic carbocycles. The van der Waals surface area contributed by atoms with E-state index in [1.165, 1.54) is 25.6 Å². The van der Waals surface area contributed by atoms with Crippen LogP contribution in [0.2, 0.25) is 0 Å². The number of rotatable bonds is 8. The Labute approximate surface area is 209 Å². The first-order chi connectivity index (χ1) is 17.3. The average Bonchev–Trinajstić information content (AvgIpc) is 2.88. The number of methoxy groups -OCH3 is 1. The lowest BCUT2D eigenvalue weighted by Gasteiger charge is -2.23. The maximum absolute atomic E-state index is 13.3. The quantitative estimate of drug-likeness (QED) is 0.341. The van der Waals surface area contributed by atoms with Gasteiger partial charge in [-0.15, -0.1) is 0 Å². The number of aromatic hydroxyl groups is 1. The van der Waals surface area contributed by atoms with E-state index in [9.17, 15) is 18.3 Å². The van der Waals surface area contributed by atoms with Crippen molar-refractivity contribution in [3.8, 4) is 17.0 Å². The van der Waals surface area contributed by atoms with Gasteiger partial charge in [-0.1, -0.05) is 17.7 Å². The zero-order chi connectivity index (χ0) is 25.7. The molecule has 0 atom stereocenters. The highest BCUT2D eigenvalue weighted by Crippen LogP contribution is 2.27. The Balaban J connectivity index is 1.59. The minimum atomic E-state index is -4.01. The van der Waals surface area contributed by atoms with Crippen LogP contribution in [0.3, 0.4) is 0 Å². The third-order valence-corrected chi connectivity index (χ3v) is 7.16. The number of carbonyl (C=O) groups excluding carboxylic acids is 1. The maximum Gasteiger partial charge on any atom is 0.326 e. The molecule has 0 fully saturated rings. The number of nitrogens with zero attached hydrogens (tertiary/aromatic N) is 3. The summed E-state index contributed by atoms with van der Waals surface area (Å²) in [7, 11) is -2.80. The zero-order valence-electron chi connectivity index (χ0n) is 19.6. The molecule has 0 aliphatic heterocycles. The summed E-state index contributed by atoms with van der Waals surface area (Å²) in [4.78, 5) is 20.6. The van der Waals surface area contributed by atoms with Crippen LogP contribution >= 0.6 is 0 Å². The first-order valence-electron chi connectivity index (χ1n) is 10.9. The number of hydrogen-bond acceptors (Lipinski definition) is 8. The molecule has 2 N–H and O–H groups in total. The molecular formula is C26H24N4O5S. The van der Waals surface area contributed by atoms with Crippen molar-refractivity contribution in [1.82, 2.24) is 9.97 Å². The summed E-state index contributed by atoms with van der Waals surface area (Å²) in [5.74, 6) is 0.00651. The van der Waals surface area contributed by atoms with E-state index >= 15 is 0 Å². The van der Waals surface area contributed by atoms with Crippen LogP contribution in [0.1, 0.15) is 5.56 Å². The molecule has 36 heavy (non-hydrogen) atoms. The second-order valence-electron chi connectivity index (χ2n) is 7.91.